The molecule has 1 amide bonds. The molecule has 2 aliphatic rings. The normalized spacial score (nSPS) is 22.5. The number of likely N-dealkylation sites (N-methyl/N-ethyl adjacent to an activating group) is 2. The van der Waals surface area contributed by atoms with Crippen LogP contribution in [0, 0.1) is 11.8 Å². The summed E-state index contributed by atoms with van der Waals surface area (Å²) in [5.74, 6) is 0.330. The summed E-state index contributed by atoms with van der Waals surface area (Å²) in [5.41, 5.74) is 7.70. The highest BCUT2D eigenvalue weighted by molar-refractivity contribution is 5.86. The molecule has 6 heteroatoms. The Morgan fingerprint density at radius 3 is 2.84 bits per heavy atom. The van der Waals surface area contributed by atoms with Gasteiger partial charge < -0.3 is 14.4 Å². The maximum Gasteiger partial charge on any atom is 0.246 e. The molecule has 0 saturated heterocycles. The standard InChI is InChI=1S/C25H38N4O2/c1-27(2)13-11-18-8-10-21-22-17-28(3)14-12-23(22)29(24(21)15-18)16-19-5-4-6-20(9-7-19)25(30)26-31/h8,10,15,19-20,31H,4-7,9,11-14,16-17H2,1-3H3,(H,26,30). The molecule has 0 radical (unpaired) electrons. The second-order valence-corrected chi connectivity index (χ2v) is 9.98. The number of hydroxylamine groups is 1. The van der Waals surface area contributed by atoms with Crippen LogP contribution >= 0.6 is 0 Å². The highest BCUT2D eigenvalue weighted by atomic mass is 16.5. The molecule has 1 fully saturated rings. The first-order valence-electron chi connectivity index (χ1n) is 11.9. The number of hydrogen-bond donors (Lipinski definition) is 2. The van der Waals surface area contributed by atoms with E-state index < -0.39 is 0 Å². The molecule has 2 atom stereocenters. The molecule has 31 heavy (non-hydrogen) atoms. The van der Waals surface area contributed by atoms with E-state index in [2.05, 4.69) is 53.7 Å². The lowest BCUT2D eigenvalue weighted by atomic mass is 9.97. The van der Waals surface area contributed by atoms with Gasteiger partial charge in [-0.25, -0.2) is 5.48 Å². The minimum Gasteiger partial charge on any atom is -0.344 e. The quantitative estimate of drug-likeness (QED) is 0.422. The Morgan fingerprint density at radius 1 is 1.23 bits per heavy atom. The zero-order valence-corrected chi connectivity index (χ0v) is 19.4. The number of aromatic nitrogens is 1. The highest BCUT2D eigenvalue weighted by Crippen LogP contribution is 2.35. The first-order chi connectivity index (χ1) is 15.0. The second kappa shape index (κ2) is 9.72. The Kier molecular flexibility index (Phi) is 6.99. The summed E-state index contributed by atoms with van der Waals surface area (Å²) < 4.78 is 2.62. The molecule has 4 rings (SSSR count). The number of nitrogens with one attached hydrogen (secondary N) is 1. The summed E-state index contributed by atoms with van der Waals surface area (Å²) in [6.07, 6.45) is 7.19. The smallest absolute Gasteiger partial charge is 0.246 e. The number of nitrogens with zero attached hydrogens (tertiary/aromatic N) is 3. The van der Waals surface area contributed by atoms with Crippen LogP contribution in [0.4, 0.5) is 0 Å². The topological polar surface area (TPSA) is 60.7 Å². The molecule has 6 nitrogen and oxygen atoms in total. The van der Waals surface area contributed by atoms with E-state index in [0.717, 1.165) is 71.1 Å². The van der Waals surface area contributed by atoms with Crippen LogP contribution in [0.1, 0.15) is 48.9 Å². The Labute approximate surface area is 186 Å². The van der Waals surface area contributed by atoms with Gasteiger partial charge in [0.15, 0.2) is 0 Å². The fourth-order valence-corrected chi connectivity index (χ4v) is 5.52. The zero-order chi connectivity index (χ0) is 22.0. The molecular formula is C25H38N4O2. The fourth-order valence-electron chi connectivity index (χ4n) is 5.52. The van der Waals surface area contributed by atoms with Crippen molar-refractivity contribution < 1.29 is 10.0 Å². The molecular weight excluding hydrogens is 388 g/mol. The summed E-state index contributed by atoms with van der Waals surface area (Å²) in [6.45, 7) is 4.24. The van der Waals surface area contributed by atoms with Crippen molar-refractivity contribution in [3.63, 3.8) is 0 Å². The third-order valence-corrected chi connectivity index (χ3v) is 7.37. The maximum absolute atomic E-state index is 11.9. The van der Waals surface area contributed by atoms with Crippen molar-refractivity contribution in [1.29, 1.82) is 0 Å². The van der Waals surface area contributed by atoms with Crippen LogP contribution in [0.3, 0.4) is 0 Å². The van der Waals surface area contributed by atoms with Gasteiger partial charge in [-0.15, -0.1) is 0 Å². The molecule has 1 aromatic heterocycles. The van der Waals surface area contributed by atoms with Gasteiger partial charge in [0, 0.05) is 55.1 Å². The van der Waals surface area contributed by atoms with Gasteiger partial charge in [-0.3, -0.25) is 10.0 Å². The van der Waals surface area contributed by atoms with Gasteiger partial charge in [0.25, 0.3) is 0 Å². The van der Waals surface area contributed by atoms with E-state index in [1.54, 1.807) is 0 Å². The molecule has 1 aliphatic carbocycles. The average molecular weight is 427 g/mol. The van der Waals surface area contributed by atoms with E-state index in [9.17, 15) is 4.79 Å². The van der Waals surface area contributed by atoms with Crippen molar-refractivity contribution in [3.05, 3.63) is 35.0 Å². The molecule has 1 aliphatic heterocycles. The Bertz CT molecular complexity index is 920. The lowest BCUT2D eigenvalue weighted by Crippen LogP contribution is -2.28. The van der Waals surface area contributed by atoms with Gasteiger partial charge in [0.2, 0.25) is 5.91 Å². The highest BCUT2D eigenvalue weighted by Gasteiger charge is 2.27. The number of rotatable bonds is 6. The molecule has 1 aromatic carbocycles. The second-order valence-electron chi connectivity index (χ2n) is 9.98. The Morgan fingerprint density at radius 2 is 2.06 bits per heavy atom. The number of carbonyl (C=O) groups excluding carboxylic acids is 1. The van der Waals surface area contributed by atoms with Gasteiger partial charge in [0.1, 0.15) is 0 Å². The fraction of sp³-hybridized carbons (Fsp3) is 0.640. The van der Waals surface area contributed by atoms with Crippen LogP contribution in [0.2, 0.25) is 0 Å². The Hall–Kier alpha value is -1.89. The van der Waals surface area contributed by atoms with E-state index in [-0.39, 0.29) is 11.8 Å². The first kappa shape index (κ1) is 22.3. The number of fused-ring (bicyclic) bond motifs is 3. The molecule has 2 aromatic rings. The van der Waals surface area contributed by atoms with Crippen LogP contribution in [0.15, 0.2) is 18.2 Å². The molecule has 0 bridgehead atoms. The van der Waals surface area contributed by atoms with Crippen molar-refractivity contribution in [3.8, 4) is 0 Å². The first-order valence-corrected chi connectivity index (χ1v) is 11.9. The van der Waals surface area contributed by atoms with E-state index in [1.165, 1.54) is 27.7 Å². The third-order valence-electron chi connectivity index (χ3n) is 7.37. The van der Waals surface area contributed by atoms with Gasteiger partial charge >= 0.3 is 0 Å². The summed E-state index contributed by atoms with van der Waals surface area (Å²) in [5, 5.41) is 10.4. The zero-order valence-electron chi connectivity index (χ0n) is 19.4. The van der Waals surface area contributed by atoms with Crippen LogP contribution in [0.5, 0.6) is 0 Å². The molecule has 170 valence electrons. The van der Waals surface area contributed by atoms with Crippen LogP contribution in [0.25, 0.3) is 10.9 Å². The number of carbonyl (C=O) groups is 1. The van der Waals surface area contributed by atoms with Gasteiger partial charge in [-0.05, 0) is 76.4 Å². The largest absolute Gasteiger partial charge is 0.344 e. The lowest BCUT2D eigenvalue weighted by molar-refractivity contribution is -0.133. The number of hydrogen-bond acceptors (Lipinski definition) is 4. The van der Waals surface area contributed by atoms with Crippen molar-refractivity contribution >= 4 is 16.8 Å². The SMILES string of the molecule is CN(C)CCc1ccc2c3c(n(CC4CCCC(C(=O)NO)CC4)c2c1)CCN(C)C3. The summed E-state index contributed by atoms with van der Waals surface area (Å²) in [6, 6.07) is 7.09. The summed E-state index contributed by atoms with van der Waals surface area (Å²) in [7, 11) is 6.48. The van der Waals surface area contributed by atoms with Crippen LogP contribution in [-0.2, 0) is 30.7 Å². The van der Waals surface area contributed by atoms with Crippen LogP contribution in [-0.4, -0.2) is 59.7 Å². The monoisotopic (exact) mass is 426 g/mol. The van der Waals surface area contributed by atoms with E-state index in [1.807, 2.05) is 5.48 Å². The minimum atomic E-state index is -0.210. The van der Waals surface area contributed by atoms with Gasteiger partial charge in [-0.2, -0.15) is 0 Å². The molecule has 1 saturated carbocycles. The summed E-state index contributed by atoms with van der Waals surface area (Å²) >= 11 is 0. The number of benzene rings is 1. The predicted molar refractivity (Wildman–Crippen MR) is 124 cm³/mol. The molecule has 2 heterocycles. The van der Waals surface area contributed by atoms with Crippen molar-refractivity contribution in [2.45, 2.75) is 58.0 Å². The average Bonchev–Trinajstić information content (AvgIpc) is 2.90. The van der Waals surface area contributed by atoms with Crippen LogP contribution < -0.4 is 5.48 Å². The van der Waals surface area contributed by atoms with Crippen molar-refractivity contribution in [2.75, 3.05) is 34.2 Å². The predicted octanol–water partition coefficient (Wildman–Crippen LogP) is 3.44. The number of amides is 1. The van der Waals surface area contributed by atoms with Crippen molar-refractivity contribution in [1.82, 2.24) is 19.8 Å². The van der Waals surface area contributed by atoms with E-state index >= 15 is 0 Å². The third kappa shape index (κ3) is 4.97. The Balaban J connectivity index is 1.62. The van der Waals surface area contributed by atoms with Gasteiger partial charge in [0.05, 0.1) is 0 Å². The molecule has 2 N–H and O–H groups in total. The molecule has 2 unspecified atom stereocenters. The maximum atomic E-state index is 11.9. The minimum absolute atomic E-state index is 0.0448. The van der Waals surface area contributed by atoms with E-state index in [4.69, 9.17) is 5.21 Å². The van der Waals surface area contributed by atoms with Crippen molar-refractivity contribution in [2.24, 2.45) is 11.8 Å². The van der Waals surface area contributed by atoms with E-state index in [0.29, 0.717) is 5.92 Å². The van der Waals surface area contributed by atoms with Gasteiger partial charge in [-0.1, -0.05) is 18.6 Å². The molecule has 0 spiro atoms. The lowest BCUT2D eigenvalue weighted by Gasteiger charge is -2.25. The summed E-state index contributed by atoms with van der Waals surface area (Å²) in [4.78, 5) is 16.6.